The molecular weight excluding hydrogens is 775 g/mol. The highest BCUT2D eigenvalue weighted by molar-refractivity contribution is 5.72. The lowest BCUT2D eigenvalue weighted by Gasteiger charge is -2.31. The van der Waals surface area contributed by atoms with Crippen molar-refractivity contribution >= 4 is 17.9 Å². The number of hydrogen-bond acceptors (Lipinski definition) is 6. The Morgan fingerprint density at radius 1 is 0.500 bits per heavy atom. The Kier molecular flexibility index (Phi) is 40.0. The van der Waals surface area contributed by atoms with Crippen molar-refractivity contribution < 1.29 is 38.2 Å². The van der Waals surface area contributed by atoms with Crippen molar-refractivity contribution in [3.05, 3.63) is 134 Å². The van der Waals surface area contributed by atoms with Gasteiger partial charge in [-0.1, -0.05) is 167 Å². The van der Waals surface area contributed by atoms with Gasteiger partial charge in [0.2, 0.25) is 0 Å². The Labute approximate surface area is 377 Å². The lowest BCUT2D eigenvalue weighted by molar-refractivity contribution is -0.887. The number of hydrogen-bond donors (Lipinski definition) is 1. The summed E-state index contributed by atoms with van der Waals surface area (Å²) < 4.78 is 17.2. The zero-order valence-corrected chi connectivity index (χ0v) is 39.3. The average Bonchev–Trinajstić information content (AvgIpc) is 3.23. The first-order chi connectivity index (χ1) is 30.1. The van der Waals surface area contributed by atoms with Gasteiger partial charge in [-0.2, -0.15) is 0 Å². The molecule has 8 nitrogen and oxygen atoms in total. The monoisotopic (exact) mass is 859 g/mol. The number of likely N-dealkylation sites (N-methyl/N-ethyl adjacent to an activating group) is 1. The maximum Gasteiger partial charge on any atom is 0.362 e. The van der Waals surface area contributed by atoms with Crippen LogP contribution in [0.2, 0.25) is 0 Å². The molecule has 62 heavy (non-hydrogen) atoms. The number of rotatable bonds is 39. The number of unbranched alkanes of at least 4 members (excludes halogenated alkanes) is 6. The molecule has 0 radical (unpaired) electrons. The minimum atomic E-state index is -0.894. The third-order valence-corrected chi connectivity index (χ3v) is 9.39. The Hall–Kier alpha value is -4.53. The SMILES string of the molecule is CC/C=C/C=C/C=C/C=C/CCCCCCCC(=O)OC(COCCC(C(=O)O)[N+](C)(C)C)COC(=O)CCC/C=C/C/C=C/C/C=C/C/C=C/C/C=C/C/C=C/C/C=C/CC. The summed E-state index contributed by atoms with van der Waals surface area (Å²) in [6.45, 7) is 4.36. The molecule has 0 aromatic heterocycles. The van der Waals surface area contributed by atoms with Crippen LogP contribution < -0.4 is 0 Å². The van der Waals surface area contributed by atoms with Crippen molar-refractivity contribution in [3.8, 4) is 0 Å². The maximum atomic E-state index is 12.7. The first-order valence-corrected chi connectivity index (χ1v) is 23.3. The normalized spacial score (nSPS) is 14.1. The molecule has 0 heterocycles. The largest absolute Gasteiger partial charge is 0.477 e. The lowest BCUT2D eigenvalue weighted by atomic mass is 10.1. The highest BCUT2D eigenvalue weighted by Gasteiger charge is 2.31. The van der Waals surface area contributed by atoms with Gasteiger partial charge in [-0.05, 0) is 83.5 Å². The number of esters is 2. The quantitative estimate of drug-likeness (QED) is 0.0216. The van der Waals surface area contributed by atoms with Crippen LogP contribution in [0.4, 0.5) is 0 Å². The van der Waals surface area contributed by atoms with Gasteiger partial charge in [0.15, 0.2) is 12.1 Å². The summed E-state index contributed by atoms with van der Waals surface area (Å²) in [5.41, 5.74) is 0. The highest BCUT2D eigenvalue weighted by atomic mass is 16.6. The predicted molar refractivity (Wildman–Crippen MR) is 261 cm³/mol. The summed E-state index contributed by atoms with van der Waals surface area (Å²) in [5.74, 6) is -1.60. The van der Waals surface area contributed by atoms with E-state index in [1.807, 2.05) is 51.5 Å². The number of carbonyl (C=O) groups excluding carboxylic acids is 2. The number of quaternary nitrogens is 1. The number of carboxylic acids is 1. The van der Waals surface area contributed by atoms with E-state index >= 15 is 0 Å². The number of carboxylic acid groups (broad SMARTS) is 1. The minimum Gasteiger partial charge on any atom is -0.477 e. The Morgan fingerprint density at radius 2 is 0.952 bits per heavy atom. The molecule has 0 aromatic rings. The van der Waals surface area contributed by atoms with Crippen LogP contribution in [-0.4, -0.2) is 80.6 Å². The number of allylic oxidation sites excluding steroid dienone is 22. The van der Waals surface area contributed by atoms with Crippen molar-refractivity contribution in [2.75, 3.05) is 41.0 Å². The van der Waals surface area contributed by atoms with Crippen molar-refractivity contribution in [3.63, 3.8) is 0 Å². The molecule has 1 N–H and O–H groups in total. The zero-order valence-electron chi connectivity index (χ0n) is 39.3. The summed E-state index contributed by atoms with van der Waals surface area (Å²) in [5, 5.41) is 9.63. The topological polar surface area (TPSA) is 99.1 Å². The van der Waals surface area contributed by atoms with Gasteiger partial charge in [0.05, 0.1) is 34.4 Å². The average molecular weight is 859 g/mol. The molecule has 0 fully saturated rings. The molecule has 0 amide bonds. The molecule has 0 aliphatic carbocycles. The third-order valence-electron chi connectivity index (χ3n) is 9.39. The van der Waals surface area contributed by atoms with Gasteiger partial charge in [0.1, 0.15) is 6.61 Å². The van der Waals surface area contributed by atoms with Gasteiger partial charge < -0.3 is 23.8 Å². The van der Waals surface area contributed by atoms with Gasteiger partial charge in [0, 0.05) is 19.3 Å². The van der Waals surface area contributed by atoms with Crippen LogP contribution in [0.15, 0.2) is 134 Å². The molecule has 0 aliphatic heterocycles. The van der Waals surface area contributed by atoms with E-state index in [0.717, 1.165) is 96.3 Å². The molecular formula is C54H84NO7+. The van der Waals surface area contributed by atoms with Crippen LogP contribution in [0.1, 0.15) is 136 Å². The molecule has 2 atom stereocenters. The second-order valence-corrected chi connectivity index (χ2v) is 16.0. The van der Waals surface area contributed by atoms with E-state index in [9.17, 15) is 19.5 Å². The third kappa shape index (κ3) is 40.9. The Morgan fingerprint density at radius 3 is 1.48 bits per heavy atom. The van der Waals surface area contributed by atoms with E-state index in [1.54, 1.807) is 0 Å². The lowest BCUT2D eigenvalue weighted by Crippen LogP contribution is -2.50. The fourth-order valence-electron chi connectivity index (χ4n) is 5.85. The number of nitrogens with zero attached hydrogens (tertiary/aromatic N) is 1. The number of aliphatic carboxylic acids is 1. The molecule has 0 aliphatic rings. The summed E-state index contributed by atoms with van der Waals surface area (Å²) in [4.78, 5) is 37.0. The molecule has 0 saturated heterocycles. The summed E-state index contributed by atoms with van der Waals surface area (Å²) >= 11 is 0. The Bertz CT molecular complexity index is 1470. The van der Waals surface area contributed by atoms with Crippen LogP contribution >= 0.6 is 0 Å². The van der Waals surface area contributed by atoms with Gasteiger partial charge in [-0.25, -0.2) is 4.79 Å². The molecule has 0 saturated carbocycles. The molecule has 346 valence electrons. The van der Waals surface area contributed by atoms with Crippen molar-refractivity contribution in [2.24, 2.45) is 0 Å². The van der Waals surface area contributed by atoms with Gasteiger partial charge in [-0.15, -0.1) is 0 Å². The fraction of sp³-hybridized carbons (Fsp3) is 0.537. The van der Waals surface area contributed by atoms with Gasteiger partial charge >= 0.3 is 17.9 Å². The van der Waals surface area contributed by atoms with Gasteiger partial charge in [-0.3, -0.25) is 9.59 Å². The smallest absolute Gasteiger partial charge is 0.362 e. The van der Waals surface area contributed by atoms with Crippen LogP contribution in [0.3, 0.4) is 0 Å². The molecule has 0 rings (SSSR count). The van der Waals surface area contributed by atoms with Crippen molar-refractivity contribution in [1.82, 2.24) is 0 Å². The van der Waals surface area contributed by atoms with E-state index < -0.39 is 18.1 Å². The Balaban J connectivity index is 4.47. The molecule has 0 bridgehead atoms. The van der Waals surface area contributed by atoms with Gasteiger partial charge in [0.25, 0.3) is 0 Å². The van der Waals surface area contributed by atoms with E-state index in [4.69, 9.17) is 14.2 Å². The summed E-state index contributed by atoms with van der Waals surface area (Å²) in [6, 6.07) is -0.637. The maximum absolute atomic E-state index is 12.7. The van der Waals surface area contributed by atoms with Crippen LogP contribution in [0.25, 0.3) is 0 Å². The summed E-state index contributed by atoms with van der Waals surface area (Å²) in [6.07, 6.45) is 62.2. The van der Waals surface area contributed by atoms with E-state index in [-0.39, 0.29) is 49.1 Å². The van der Waals surface area contributed by atoms with E-state index in [2.05, 4.69) is 117 Å². The standard InChI is InChI=1S/C54H83NO7/c1-6-8-10-12-14-16-18-20-22-23-24-25-26-27-28-29-31-32-34-36-38-40-42-44-52(56)61-49-50(48-60-47-46-51(54(58)59)55(3,4)5)62-53(57)45-43-41-39-37-35-33-30-21-19-17-15-13-11-9-7-2/h8-11,13-17,19-22,24-25,27-28,30-32,36,38,50-51H,6-7,12,18,23,26,29,33-35,37,39-49H2,1-5H3/p+1/b10-8+,11-9+,15-13+,16-14+,19-17+,22-20+,25-24+,28-27+,30-21+,32-31+,38-36+. The highest BCUT2D eigenvalue weighted by Crippen LogP contribution is 2.12. The molecule has 0 spiro atoms. The summed E-state index contributed by atoms with van der Waals surface area (Å²) in [7, 11) is 5.48. The van der Waals surface area contributed by atoms with Crippen LogP contribution in [0.5, 0.6) is 0 Å². The van der Waals surface area contributed by atoms with Crippen molar-refractivity contribution in [1.29, 1.82) is 0 Å². The molecule has 8 heteroatoms. The number of carbonyl (C=O) groups is 3. The second-order valence-electron chi connectivity index (χ2n) is 16.0. The second kappa shape index (κ2) is 43.1. The zero-order chi connectivity index (χ0) is 45.6. The fourth-order valence-corrected chi connectivity index (χ4v) is 5.85. The minimum absolute atomic E-state index is 0.0226. The molecule has 0 aromatic carbocycles. The van der Waals surface area contributed by atoms with Crippen LogP contribution in [-0.2, 0) is 28.6 Å². The predicted octanol–water partition coefficient (Wildman–Crippen LogP) is 13.2. The first-order valence-electron chi connectivity index (χ1n) is 23.3. The number of ether oxygens (including phenoxy) is 3. The van der Waals surface area contributed by atoms with E-state index in [1.165, 1.54) is 0 Å². The van der Waals surface area contributed by atoms with Crippen LogP contribution in [0, 0.1) is 0 Å². The molecule has 2 unspecified atom stereocenters. The van der Waals surface area contributed by atoms with Crippen molar-refractivity contribution in [2.45, 2.75) is 148 Å². The first kappa shape index (κ1) is 57.5. The van der Waals surface area contributed by atoms with E-state index in [0.29, 0.717) is 12.8 Å².